The van der Waals surface area contributed by atoms with Gasteiger partial charge in [0.2, 0.25) is 0 Å². The van der Waals surface area contributed by atoms with Crippen molar-refractivity contribution in [2.24, 2.45) is 4.99 Å². The maximum absolute atomic E-state index is 5.63. The summed E-state index contributed by atoms with van der Waals surface area (Å²) in [7, 11) is 1.71. The number of hydrogen-bond acceptors (Lipinski definition) is 3. The number of rotatable bonds is 7. The van der Waals surface area contributed by atoms with Crippen molar-refractivity contribution in [3.05, 3.63) is 89.1 Å². The zero-order valence-corrected chi connectivity index (χ0v) is 17.0. The summed E-state index contributed by atoms with van der Waals surface area (Å²) in [4.78, 5) is 4.67. The van der Waals surface area contributed by atoms with Gasteiger partial charge >= 0.3 is 0 Å². The Balaban J connectivity index is 1.76. The molecule has 3 heteroatoms. The van der Waals surface area contributed by atoms with Crippen molar-refractivity contribution in [3.8, 4) is 5.75 Å². The van der Waals surface area contributed by atoms with Crippen LogP contribution in [0.3, 0.4) is 0 Å². The molecule has 0 saturated heterocycles. The summed E-state index contributed by atoms with van der Waals surface area (Å²) in [5.41, 5.74) is 8.42. The summed E-state index contributed by atoms with van der Waals surface area (Å²) in [6, 6.07) is 12.5. The molecule has 3 nitrogen and oxygen atoms in total. The van der Waals surface area contributed by atoms with Gasteiger partial charge < -0.3 is 10.1 Å². The third-order valence-electron chi connectivity index (χ3n) is 5.10. The van der Waals surface area contributed by atoms with Gasteiger partial charge in [-0.15, -0.1) is 0 Å². The van der Waals surface area contributed by atoms with E-state index in [0.717, 1.165) is 41.1 Å². The van der Waals surface area contributed by atoms with Crippen LogP contribution in [-0.4, -0.2) is 13.3 Å². The molecule has 28 heavy (non-hydrogen) atoms. The van der Waals surface area contributed by atoms with Gasteiger partial charge in [-0.05, 0) is 61.9 Å². The molecule has 1 aliphatic carbocycles. The van der Waals surface area contributed by atoms with Gasteiger partial charge in [0, 0.05) is 22.5 Å². The van der Waals surface area contributed by atoms with E-state index in [4.69, 9.17) is 4.74 Å². The van der Waals surface area contributed by atoms with Crippen molar-refractivity contribution in [2.75, 3.05) is 7.11 Å². The van der Waals surface area contributed by atoms with Crippen LogP contribution in [0.1, 0.15) is 41.2 Å². The van der Waals surface area contributed by atoms with Gasteiger partial charge in [-0.3, -0.25) is 4.99 Å². The average molecular weight is 373 g/mol. The maximum Gasteiger partial charge on any atom is 0.128 e. The number of methoxy groups -OCH3 is 1. The fourth-order valence-corrected chi connectivity index (χ4v) is 3.62. The van der Waals surface area contributed by atoms with Gasteiger partial charge in [-0.25, -0.2) is 0 Å². The molecule has 0 aliphatic heterocycles. The first kappa shape index (κ1) is 19.7. The van der Waals surface area contributed by atoms with Crippen LogP contribution in [0.25, 0.3) is 11.4 Å². The molecule has 1 aliphatic rings. The first-order valence-corrected chi connectivity index (χ1v) is 9.65. The Morgan fingerprint density at radius 3 is 2.50 bits per heavy atom. The zero-order valence-electron chi connectivity index (χ0n) is 17.0. The lowest BCUT2D eigenvalue weighted by Crippen LogP contribution is -2.11. The van der Waals surface area contributed by atoms with Crippen molar-refractivity contribution < 1.29 is 4.74 Å². The topological polar surface area (TPSA) is 33.6 Å². The Bertz CT molecular complexity index is 967. The van der Waals surface area contributed by atoms with Crippen LogP contribution in [-0.2, 0) is 12.8 Å². The Kier molecular flexibility index (Phi) is 6.15. The summed E-state index contributed by atoms with van der Waals surface area (Å²) in [6.45, 7) is 12.3. The SMILES string of the molecule is C=C(C=N/C(=C\C)c1cc2c(cc1OC)CCC2)NC(=C)c1ccccc1C. The maximum atomic E-state index is 5.63. The number of nitrogens with one attached hydrogen (secondary N) is 1. The second-order valence-corrected chi connectivity index (χ2v) is 7.05. The smallest absolute Gasteiger partial charge is 0.128 e. The van der Waals surface area contributed by atoms with E-state index in [1.807, 2.05) is 31.2 Å². The van der Waals surface area contributed by atoms with Crippen LogP contribution >= 0.6 is 0 Å². The molecule has 0 spiro atoms. The molecule has 0 bridgehead atoms. The van der Waals surface area contributed by atoms with E-state index in [9.17, 15) is 0 Å². The molecule has 144 valence electrons. The highest BCUT2D eigenvalue weighted by Gasteiger charge is 2.16. The lowest BCUT2D eigenvalue weighted by molar-refractivity contribution is 0.413. The van der Waals surface area contributed by atoms with Gasteiger partial charge in [0.25, 0.3) is 0 Å². The number of ether oxygens (including phenoxy) is 1. The normalized spacial score (nSPS) is 13.5. The number of nitrogens with zero attached hydrogens (tertiary/aromatic N) is 1. The molecular formula is C25H28N2O. The van der Waals surface area contributed by atoms with E-state index in [2.05, 4.69) is 48.6 Å². The molecule has 0 atom stereocenters. The quantitative estimate of drug-likeness (QED) is 0.633. The van der Waals surface area contributed by atoms with Gasteiger partial charge in [0.1, 0.15) is 5.75 Å². The van der Waals surface area contributed by atoms with Gasteiger partial charge in [0.15, 0.2) is 0 Å². The highest BCUT2D eigenvalue weighted by atomic mass is 16.5. The molecule has 1 N–H and O–H groups in total. The minimum atomic E-state index is 0.688. The average Bonchev–Trinajstić information content (AvgIpc) is 3.15. The van der Waals surface area contributed by atoms with E-state index in [1.54, 1.807) is 13.3 Å². The predicted molar refractivity (Wildman–Crippen MR) is 120 cm³/mol. The van der Waals surface area contributed by atoms with E-state index in [-0.39, 0.29) is 0 Å². The third-order valence-corrected chi connectivity index (χ3v) is 5.10. The number of benzene rings is 2. The zero-order chi connectivity index (χ0) is 20.1. The van der Waals surface area contributed by atoms with Crippen LogP contribution in [0, 0.1) is 6.92 Å². The second-order valence-electron chi connectivity index (χ2n) is 7.05. The molecule has 2 aromatic carbocycles. The third kappa shape index (κ3) is 4.25. The van der Waals surface area contributed by atoms with Crippen LogP contribution in [0.5, 0.6) is 5.75 Å². The first-order valence-electron chi connectivity index (χ1n) is 9.65. The summed E-state index contributed by atoms with van der Waals surface area (Å²) < 4.78 is 5.63. The largest absolute Gasteiger partial charge is 0.496 e. The van der Waals surface area contributed by atoms with Crippen molar-refractivity contribution in [2.45, 2.75) is 33.1 Å². The molecule has 0 aromatic heterocycles. The van der Waals surface area contributed by atoms with Crippen molar-refractivity contribution in [1.82, 2.24) is 5.32 Å². The van der Waals surface area contributed by atoms with Crippen molar-refractivity contribution >= 4 is 17.6 Å². The second kappa shape index (κ2) is 8.75. The van der Waals surface area contributed by atoms with E-state index >= 15 is 0 Å². The summed E-state index contributed by atoms with van der Waals surface area (Å²) in [5.74, 6) is 0.869. The summed E-state index contributed by atoms with van der Waals surface area (Å²) in [6.07, 6.45) is 7.20. The van der Waals surface area contributed by atoms with Crippen LogP contribution in [0.15, 0.2) is 66.3 Å². The summed E-state index contributed by atoms with van der Waals surface area (Å²) in [5, 5.41) is 3.24. The number of aryl methyl sites for hydroxylation is 3. The molecule has 3 rings (SSSR count). The number of allylic oxidation sites excluding steroid dienone is 2. The molecule has 0 heterocycles. The molecular weight excluding hydrogens is 344 g/mol. The van der Waals surface area contributed by atoms with E-state index in [0.29, 0.717) is 5.70 Å². The first-order chi connectivity index (χ1) is 13.5. The van der Waals surface area contributed by atoms with Crippen molar-refractivity contribution in [1.29, 1.82) is 0 Å². The lowest BCUT2D eigenvalue weighted by Gasteiger charge is -2.13. The molecule has 0 saturated carbocycles. The fraction of sp³-hybridized carbons (Fsp3) is 0.240. The van der Waals surface area contributed by atoms with Gasteiger partial charge in [-0.2, -0.15) is 0 Å². The standard InChI is InChI=1S/C25H28N2O/c1-6-24(23-14-20-11-9-12-21(20)15-25(23)28-5)26-16-18(3)27-19(4)22-13-8-7-10-17(22)2/h6-8,10,13-16,27H,3-4,9,11-12H2,1-2,5H3/b24-6-,26-16?. The van der Waals surface area contributed by atoms with Gasteiger partial charge in [0.05, 0.1) is 19.0 Å². The molecule has 0 unspecified atom stereocenters. The highest BCUT2D eigenvalue weighted by Crippen LogP contribution is 2.34. The van der Waals surface area contributed by atoms with Crippen LogP contribution in [0.2, 0.25) is 0 Å². The monoisotopic (exact) mass is 372 g/mol. The molecule has 0 fully saturated rings. The Morgan fingerprint density at radius 2 is 1.82 bits per heavy atom. The number of fused-ring (bicyclic) bond motifs is 1. The van der Waals surface area contributed by atoms with Crippen LogP contribution < -0.4 is 10.1 Å². The highest BCUT2D eigenvalue weighted by molar-refractivity contribution is 5.87. The Morgan fingerprint density at radius 1 is 1.11 bits per heavy atom. The number of aliphatic imine (C=N–C) groups is 1. The molecule has 2 aromatic rings. The molecule has 0 amide bonds. The molecule has 0 radical (unpaired) electrons. The summed E-state index contributed by atoms with van der Waals surface area (Å²) >= 11 is 0. The van der Waals surface area contributed by atoms with Gasteiger partial charge in [-0.1, -0.05) is 43.5 Å². The predicted octanol–water partition coefficient (Wildman–Crippen LogP) is 5.70. The van der Waals surface area contributed by atoms with Crippen LogP contribution in [0.4, 0.5) is 0 Å². The van der Waals surface area contributed by atoms with E-state index < -0.39 is 0 Å². The van der Waals surface area contributed by atoms with E-state index in [1.165, 1.54) is 23.1 Å². The lowest BCUT2D eigenvalue weighted by atomic mass is 10.0. The Labute approximate surface area is 168 Å². The minimum Gasteiger partial charge on any atom is -0.496 e. The van der Waals surface area contributed by atoms with Crippen molar-refractivity contribution in [3.63, 3.8) is 0 Å². The number of hydrogen-bond donors (Lipinski definition) is 1. The fourth-order valence-electron chi connectivity index (χ4n) is 3.62. The Hall–Kier alpha value is -3.07. The minimum absolute atomic E-state index is 0.688.